The Labute approximate surface area is 125 Å². The number of allylic oxidation sites excluding steroid dienone is 2. The van der Waals surface area contributed by atoms with Gasteiger partial charge in [-0.2, -0.15) is 0 Å². The SMILES string of the molecule is CCC/C=C(/OC(=N)C(C)C)C1CCCC(CC)CC1. The summed E-state index contributed by atoms with van der Waals surface area (Å²) in [7, 11) is 0. The van der Waals surface area contributed by atoms with Crippen LogP contribution in [0.3, 0.4) is 0 Å². The lowest BCUT2D eigenvalue weighted by Crippen LogP contribution is -2.15. The zero-order valence-electron chi connectivity index (χ0n) is 13.9. The maximum Gasteiger partial charge on any atom is 0.189 e. The minimum absolute atomic E-state index is 0.175. The fourth-order valence-electron chi connectivity index (χ4n) is 2.89. The molecule has 2 atom stereocenters. The van der Waals surface area contributed by atoms with Crippen LogP contribution >= 0.6 is 0 Å². The van der Waals surface area contributed by atoms with E-state index in [2.05, 4.69) is 19.9 Å². The molecule has 0 saturated heterocycles. The predicted molar refractivity (Wildman–Crippen MR) is 87.0 cm³/mol. The van der Waals surface area contributed by atoms with Crippen molar-refractivity contribution in [2.75, 3.05) is 0 Å². The van der Waals surface area contributed by atoms with E-state index in [1.54, 1.807) is 0 Å². The standard InChI is InChI=1S/C18H33NO/c1-5-7-11-17(20-18(19)14(3)4)16-10-8-9-15(6-2)12-13-16/h11,14-16,19H,5-10,12-13H2,1-4H3/b17-11+,19-18?. The highest BCUT2D eigenvalue weighted by atomic mass is 16.5. The van der Waals surface area contributed by atoms with Gasteiger partial charge in [-0.05, 0) is 37.7 Å². The molecule has 2 heteroatoms. The lowest BCUT2D eigenvalue weighted by Gasteiger charge is -2.21. The second kappa shape index (κ2) is 9.20. The lowest BCUT2D eigenvalue weighted by molar-refractivity contribution is 0.294. The highest BCUT2D eigenvalue weighted by Gasteiger charge is 2.23. The van der Waals surface area contributed by atoms with Crippen molar-refractivity contribution < 1.29 is 4.74 Å². The Morgan fingerprint density at radius 2 is 1.95 bits per heavy atom. The molecule has 1 saturated carbocycles. The maximum absolute atomic E-state index is 8.00. The highest BCUT2D eigenvalue weighted by Crippen LogP contribution is 2.34. The van der Waals surface area contributed by atoms with Crippen LogP contribution < -0.4 is 0 Å². The summed E-state index contributed by atoms with van der Waals surface area (Å²) in [6.07, 6.45) is 12.2. The predicted octanol–water partition coefficient (Wildman–Crippen LogP) is 5.93. The first-order chi connectivity index (χ1) is 9.58. The number of nitrogens with one attached hydrogen (secondary N) is 1. The molecular weight excluding hydrogens is 246 g/mol. The fourth-order valence-corrected chi connectivity index (χ4v) is 2.89. The Hall–Kier alpha value is -0.790. The molecule has 0 radical (unpaired) electrons. The molecule has 1 rings (SSSR count). The van der Waals surface area contributed by atoms with Crippen LogP contribution in [0.25, 0.3) is 0 Å². The van der Waals surface area contributed by atoms with Gasteiger partial charge in [0.15, 0.2) is 5.90 Å². The number of hydrogen-bond acceptors (Lipinski definition) is 2. The smallest absolute Gasteiger partial charge is 0.189 e. The monoisotopic (exact) mass is 279 g/mol. The minimum Gasteiger partial charge on any atom is -0.448 e. The summed E-state index contributed by atoms with van der Waals surface area (Å²) in [6.45, 7) is 8.56. The average molecular weight is 279 g/mol. The second-order valence-electron chi connectivity index (χ2n) is 6.50. The number of ether oxygens (including phenoxy) is 1. The van der Waals surface area contributed by atoms with Gasteiger partial charge in [-0.15, -0.1) is 0 Å². The quantitative estimate of drug-likeness (QED) is 0.278. The molecule has 0 aromatic carbocycles. The molecule has 0 spiro atoms. The van der Waals surface area contributed by atoms with Gasteiger partial charge in [0, 0.05) is 11.8 Å². The molecular formula is C18H33NO. The molecule has 116 valence electrons. The van der Waals surface area contributed by atoms with Crippen LogP contribution in [0.15, 0.2) is 11.8 Å². The lowest BCUT2D eigenvalue weighted by atomic mass is 9.94. The van der Waals surface area contributed by atoms with Gasteiger partial charge >= 0.3 is 0 Å². The molecule has 0 aromatic heterocycles. The Balaban J connectivity index is 2.69. The molecule has 0 bridgehead atoms. The fraction of sp³-hybridized carbons (Fsp3) is 0.833. The van der Waals surface area contributed by atoms with Crippen LogP contribution in [0.4, 0.5) is 0 Å². The molecule has 20 heavy (non-hydrogen) atoms. The molecule has 1 aliphatic rings. The van der Waals surface area contributed by atoms with Crippen molar-refractivity contribution >= 4 is 5.90 Å². The van der Waals surface area contributed by atoms with E-state index in [0.29, 0.717) is 11.8 Å². The summed E-state index contributed by atoms with van der Waals surface area (Å²) in [6, 6.07) is 0. The van der Waals surface area contributed by atoms with E-state index in [-0.39, 0.29) is 5.92 Å². The van der Waals surface area contributed by atoms with E-state index in [4.69, 9.17) is 10.1 Å². The van der Waals surface area contributed by atoms with Gasteiger partial charge in [-0.25, -0.2) is 0 Å². The topological polar surface area (TPSA) is 33.1 Å². The normalized spacial score (nSPS) is 24.6. The van der Waals surface area contributed by atoms with Gasteiger partial charge < -0.3 is 4.74 Å². The number of hydrogen-bond donors (Lipinski definition) is 1. The van der Waals surface area contributed by atoms with E-state index in [0.717, 1.165) is 24.5 Å². The Bertz CT molecular complexity index is 319. The Morgan fingerprint density at radius 3 is 2.55 bits per heavy atom. The van der Waals surface area contributed by atoms with Crippen LogP contribution in [0.2, 0.25) is 0 Å². The summed E-state index contributed by atoms with van der Waals surface area (Å²) >= 11 is 0. The number of unbranched alkanes of at least 4 members (excludes halogenated alkanes) is 1. The van der Waals surface area contributed by atoms with Gasteiger partial charge in [0.2, 0.25) is 0 Å². The average Bonchev–Trinajstić information content (AvgIpc) is 2.68. The van der Waals surface area contributed by atoms with Crippen LogP contribution in [-0.4, -0.2) is 5.90 Å². The molecule has 1 aliphatic carbocycles. The van der Waals surface area contributed by atoms with E-state index >= 15 is 0 Å². The molecule has 0 heterocycles. The molecule has 1 fully saturated rings. The number of rotatable bonds is 6. The van der Waals surface area contributed by atoms with Crippen molar-refractivity contribution in [2.24, 2.45) is 17.8 Å². The summed E-state index contributed by atoms with van der Waals surface area (Å²) in [5, 5.41) is 8.00. The highest BCUT2D eigenvalue weighted by molar-refractivity contribution is 5.75. The third-order valence-corrected chi connectivity index (χ3v) is 4.45. The maximum atomic E-state index is 8.00. The first-order valence-electron chi connectivity index (χ1n) is 8.54. The summed E-state index contributed by atoms with van der Waals surface area (Å²) < 4.78 is 5.92. The molecule has 1 N–H and O–H groups in total. The van der Waals surface area contributed by atoms with E-state index in [9.17, 15) is 0 Å². The summed E-state index contributed by atoms with van der Waals surface area (Å²) in [5.41, 5.74) is 0. The van der Waals surface area contributed by atoms with Gasteiger partial charge in [0.05, 0.1) is 0 Å². The van der Waals surface area contributed by atoms with Crippen molar-refractivity contribution in [1.29, 1.82) is 5.41 Å². The van der Waals surface area contributed by atoms with Crippen LogP contribution in [-0.2, 0) is 4.74 Å². The van der Waals surface area contributed by atoms with Gasteiger partial charge in [0.1, 0.15) is 5.76 Å². The van der Waals surface area contributed by atoms with E-state index in [1.165, 1.54) is 38.5 Å². The zero-order chi connectivity index (χ0) is 15.0. The molecule has 2 nitrogen and oxygen atoms in total. The molecule has 2 unspecified atom stereocenters. The first kappa shape index (κ1) is 17.3. The van der Waals surface area contributed by atoms with E-state index in [1.807, 2.05) is 13.8 Å². The Morgan fingerprint density at radius 1 is 1.20 bits per heavy atom. The minimum atomic E-state index is 0.175. The van der Waals surface area contributed by atoms with Gasteiger partial charge in [0.25, 0.3) is 0 Å². The van der Waals surface area contributed by atoms with Gasteiger partial charge in [-0.1, -0.05) is 53.4 Å². The van der Waals surface area contributed by atoms with Crippen molar-refractivity contribution in [3.05, 3.63) is 11.8 Å². The van der Waals surface area contributed by atoms with Crippen molar-refractivity contribution in [3.8, 4) is 0 Å². The summed E-state index contributed by atoms with van der Waals surface area (Å²) in [5.74, 6) is 3.12. The third-order valence-electron chi connectivity index (χ3n) is 4.45. The van der Waals surface area contributed by atoms with Gasteiger partial charge in [-0.3, -0.25) is 5.41 Å². The van der Waals surface area contributed by atoms with Crippen LogP contribution in [0, 0.1) is 23.2 Å². The van der Waals surface area contributed by atoms with Crippen molar-refractivity contribution in [2.45, 2.75) is 79.1 Å². The molecule has 0 amide bonds. The zero-order valence-corrected chi connectivity index (χ0v) is 13.9. The second-order valence-corrected chi connectivity index (χ2v) is 6.50. The van der Waals surface area contributed by atoms with E-state index < -0.39 is 0 Å². The van der Waals surface area contributed by atoms with Crippen LogP contribution in [0.5, 0.6) is 0 Å². The molecule has 0 aliphatic heterocycles. The Kier molecular flexibility index (Phi) is 7.94. The summed E-state index contributed by atoms with van der Waals surface area (Å²) in [4.78, 5) is 0. The third kappa shape index (κ3) is 5.68. The van der Waals surface area contributed by atoms with Crippen molar-refractivity contribution in [3.63, 3.8) is 0 Å². The molecule has 0 aromatic rings. The largest absolute Gasteiger partial charge is 0.448 e. The van der Waals surface area contributed by atoms with Crippen LogP contribution in [0.1, 0.15) is 79.1 Å². The van der Waals surface area contributed by atoms with Crippen molar-refractivity contribution in [1.82, 2.24) is 0 Å². The first-order valence-corrected chi connectivity index (χ1v) is 8.54.